The van der Waals surface area contributed by atoms with Gasteiger partial charge in [-0.2, -0.15) is 4.31 Å². The third-order valence-electron chi connectivity index (χ3n) is 6.76. The van der Waals surface area contributed by atoms with E-state index in [1.54, 1.807) is 23.1 Å². The summed E-state index contributed by atoms with van der Waals surface area (Å²) in [7, 11) is -3.55. The Bertz CT molecular complexity index is 1470. The summed E-state index contributed by atoms with van der Waals surface area (Å²) in [4.78, 5) is 27.4. The predicted molar refractivity (Wildman–Crippen MR) is 148 cm³/mol. The summed E-state index contributed by atoms with van der Waals surface area (Å²) in [5, 5.41) is 2.83. The number of amides is 2. The number of benzene rings is 3. The molecule has 0 atom stereocenters. The molecule has 1 N–H and O–H groups in total. The third kappa shape index (κ3) is 6.07. The van der Waals surface area contributed by atoms with Crippen LogP contribution in [0.2, 0.25) is 0 Å². The van der Waals surface area contributed by atoms with Gasteiger partial charge in [0.15, 0.2) is 6.61 Å². The van der Waals surface area contributed by atoms with Gasteiger partial charge < -0.3 is 19.7 Å². The molecule has 0 aliphatic carbocycles. The van der Waals surface area contributed by atoms with Gasteiger partial charge in [0.2, 0.25) is 10.0 Å². The zero-order valence-electron chi connectivity index (χ0n) is 21.8. The molecular formula is C29H31N3O6S. The molecule has 2 aliphatic rings. The van der Waals surface area contributed by atoms with Crippen molar-refractivity contribution in [1.82, 2.24) is 4.31 Å². The first kappa shape index (κ1) is 26.7. The molecule has 39 heavy (non-hydrogen) atoms. The van der Waals surface area contributed by atoms with Gasteiger partial charge in [-0.3, -0.25) is 9.59 Å². The second kappa shape index (κ2) is 11.5. The Morgan fingerprint density at radius 3 is 2.54 bits per heavy atom. The molecule has 0 radical (unpaired) electrons. The van der Waals surface area contributed by atoms with E-state index >= 15 is 0 Å². The highest BCUT2D eigenvalue weighted by Crippen LogP contribution is 2.35. The first-order valence-electron chi connectivity index (χ1n) is 13.0. The molecule has 0 spiro atoms. The third-order valence-corrected chi connectivity index (χ3v) is 8.68. The standard InChI is InChI=1S/C29H31N3O6S/c1-21-6-4-7-24(18-21)37-17-5-16-32-26-19-23(10-13-27(26)38-20-28(32)33)30-29(34)22-8-11-25(12-9-22)39(35,36)31-14-2-3-15-31/h4,6-13,18-19H,2-3,5,14-17,20H2,1H3,(H,30,34). The lowest BCUT2D eigenvalue weighted by molar-refractivity contribution is -0.121. The van der Waals surface area contributed by atoms with Gasteiger partial charge in [0.25, 0.3) is 11.8 Å². The normalized spacial score (nSPS) is 15.5. The van der Waals surface area contributed by atoms with Crippen LogP contribution < -0.4 is 19.7 Å². The van der Waals surface area contributed by atoms with Crippen molar-refractivity contribution in [3.8, 4) is 11.5 Å². The zero-order chi connectivity index (χ0) is 27.4. The van der Waals surface area contributed by atoms with Gasteiger partial charge in [0.1, 0.15) is 11.5 Å². The van der Waals surface area contributed by atoms with Crippen molar-refractivity contribution in [2.75, 3.05) is 43.1 Å². The van der Waals surface area contributed by atoms with Crippen molar-refractivity contribution in [3.63, 3.8) is 0 Å². The molecule has 2 aliphatic heterocycles. The number of anilines is 2. The molecule has 1 fully saturated rings. The van der Waals surface area contributed by atoms with E-state index in [0.29, 0.717) is 55.3 Å². The second-order valence-electron chi connectivity index (χ2n) is 9.62. The average molecular weight is 550 g/mol. The minimum Gasteiger partial charge on any atom is -0.494 e. The van der Waals surface area contributed by atoms with Crippen LogP contribution in [0.15, 0.2) is 71.6 Å². The summed E-state index contributed by atoms with van der Waals surface area (Å²) in [5.41, 5.74) is 2.51. The first-order chi connectivity index (χ1) is 18.8. The molecule has 0 saturated carbocycles. The van der Waals surface area contributed by atoms with Crippen LogP contribution in [-0.2, 0) is 14.8 Å². The van der Waals surface area contributed by atoms with Gasteiger partial charge >= 0.3 is 0 Å². The van der Waals surface area contributed by atoms with Crippen molar-refractivity contribution in [2.45, 2.75) is 31.1 Å². The van der Waals surface area contributed by atoms with Crippen LogP contribution in [0.1, 0.15) is 35.2 Å². The Kier molecular flexibility index (Phi) is 7.85. The lowest BCUT2D eigenvalue weighted by Crippen LogP contribution is -2.39. The summed E-state index contributed by atoms with van der Waals surface area (Å²) in [5.74, 6) is 0.789. The minimum absolute atomic E-state index is 0.0515. The van der Waals surface area contributed by atoms with Crippen LogP contribution >= 0.6 is 0 Å². The van der Waals surface area contributed by atoms with Crippen molar-refractivity contribution < 1.29 is 27.5 Å². The van der Waals surface area contributed by atoms with E-state index in [4.69, 9.17) is 9.47 Å². The van der Waals surface area contributed by atoms with Crippen LogP contribution in [0.25, 0.3) is 0 Å². The zero-order valence-corrected chi connectivity index (χ0v) is 22.6. The molecule has 1 saturated heterocycles. The number of sulfonamides is 1. The fourth-order valence-corrected chi connectivity index (χ4v) is 6.22. The number of hydrogen-bond donors (Lipinski definition) is 1. The summed E-state index contributed by atoms with van der Waals surface area (Å²) in [6.07, 6.45) is 2.33. The number of ether oxygens (including phenoxy) is 2. The van der Waals surface area contributed by atoms with E-state index in [9.17, 15) is 18.0 Å². The van der Waals surface area contributed by atoms with E-state index < -0.39 is 10.0 Å². The number of carbonyl (C=O) groups is 2. The monoisotopic (exact) mass is 549 g/mol. The fourth-order valence-electron chi connectivity index (χ4n) is 4.70. The molecule has 5 rings (SSSR count). The molecule has 0 aromatic heterocycles. The van der Waals surface area contributed by atoms with Gasteiger partial charge in [-0.05, 0) is 86.3 Å². The molecular weight excluding hydrogens is 518 g/mol. The van der Waals surface area contributed by atoms with E-state index in [0.717, 1.165) is 24.2 Å². The van der Waals surface area contributed by atoms with Gasteiger partial charge in [-0.1, -0.05) is 12.1 Å². The van der Waals surface area contributed by atoms with Crippen molar-refractivity contribution in [3.05, 3.63) is 77.9 Å². The maximum absolute atomic E-state index is 12.9. The number of fused-ring (bicyclic) bond motifs is 1. The number of hydrogen-bond acceptors (Lipinski definition) is 6. The van der Waals surface area contributed by atoms with Crippen molar-refractivity contribution >= 4 is 33.2 Å². The van der Waals surface area contributed by atoms with Gasteiger partial charge in [-0.25, -0.2) is 8.42 Å². The number of aryl methyl sites for hydroxylation is 1. The highest BCUT2D eigenvalue weighted by Gasteiger charge is 2.28. The molecule has 0 unspecified atom stereocenters. The maximum Gasteiger partial charge on any atom is 0.265 e. The Hall–Kier alpha value is -3.89. The first-order valence-corrected chi connectivity index (χ1v) is 14.4. The second-order valence-corrected chi connectivity index (χ2v) is 11.6. The number of nitrogens with zero attached hydrogens (tertiary/aromatic N) is 2. The van der Waals surface area contributed by atoms with E-state index in [1.807, 2.05) is 31.2 Å². The van der Waals surface area contributed by atoms with Crippen LogP contribution in [0.3, 0.4) is 0 Å². The topological polar surface area (TPSA) is 105 Å². The SMILES string of the molecule is Cc1cccc(OCCCN2C(=O)COc3ccc(NC(=O)c4ccc(S(=O)(=O)N5CCCC5)cc4)cc32)c1. The van der Waals surface area contributed by atoms with E-state index in [-0.39, 0.29) is 23.3 Å². The summed E-state index contributed by atoms with van der Waals surface area (Å²) in [6.45, 7) is 3.87. The molecule has 2 amide bonds. The van der Waals surface area contributed by atoms with Crippen molar-refractivity contribution in [1.29, 1.82) is 0 Å². The minimum atomic E-state index is -3.55. The number of carbonyl (C=O) groups excluding carboxylic acids is 2. The lowest BCUT2D eigenvalue weighted by atomic mass is 10.1. The van der Waals surface area contributed by atoms with Gasteiger partial charge in [-0.15, -0.1) is 0 Å². The average Bonchev–Trinajstić information content (AvgIpc) is 3.48. The largest absolute Gasteiger partial charge is 0.494 e. The molecule has 0 bridgehead atoms. The molecule has 9 nitrogen and oxygen atoms in total. The Labute approximate surface area is 228 Å². The fraction of sp³-hybridized carbons (Fsp3) is 0.310. The summed E-state index contributed by atoms with van der Waals surface area (Å²) in [6, 6.07) is 18.9. The molecule has 10 heteroatoms. The highest BCUT2D eigenvalue weighted by molar-refractivity contribution is 7.89. The maximum atomic E-state index is 12.9. The van der Waals surface area contributed by atoms with Crippen LogP contribution in [0.4, 0.5) is 11.4 Å². The van der Waals surface area contributed by atoms with Crippen LogP contribution in [0.5, 0.6) is 11.5 Å². The molecule has 204 valence electrons. The summed E-state index contributed by atoms with van der Waals surface area (Å²) < 4.78 is 38.4. The van der Waals surface area contributed by atoms with Crippen LogP contribution in [0, 0.1) is 6.92 Å². The molecule has 2 heterocycles. The van der Waals surface area contributed by atoms with Gasteiger partial charge in [0, 0.05) is 30.9 Å². The molecule has 3 aromatic rings. The Morgan fingerprint density at radius 2 is 1.79 bits per heavy atom. The van der Waals surface area contributed by atoms with Crippen LogP contribution in [-0.4, -0.2) is 57.4 Å². The highest BCUT2D eigenvalue weighted by atomic mass is 32.2. The van der Waals surface area contributed by atoms with Gasteiger partial charge in [0.05, 0.1) is 17.2 Å². The summed E-state index contributed by atoms with van der Waals surface area (Å²) >= 11 is 0. The number of nitrogens with one attached hydrogen (secondary N) is 1. The van der Waals surface area contributed by atoms with Crippen molar-refractivity contribution in [2.24, 2.45) is 0 Å². The van der Waals surface area contributed by atoms with E-state index in [1.165, 1.54) is 28.6 Å². The quantitative estimate of drug-likeness (QED) is 0.401. The Morgan fingerprint density at radius 1 is 1.03 bits per heavy atom. The lowest BCUT2D eigenvalue weighted by Gasteiger charge is -2.30. The molecule has 3 aromatic carbocycles. The van der Waals surface area contributed by atoms with E-state index in [2.05, 4.69) is 5.32 Å². The predicted octanol–water partition coefficient (Wildman–Crippen LogP) is 4.23. The smallest absolute Gasteiger partial charge is 0.265 e. The Balaban J connectivity index is 1.23. The number of rotatable bonds is 9.